The summed E-state index contributed by atoms with van der Waals surface area (Å²) in [5.41, 5.74) is 6.75. The molecule has 41 heavy (non-hydrogen) atoms. The monoisotopic (exact) mass is 568 g/mol. The summed E-state index contributed by atoms with van der Waals surface area (Å²) >= 11 is 0. The fourth-order valence-electron chi connectivity index (χ4n) is 5.13. The van der Waals surface area contributed by atoms with Crippen LogP contribution in [-0.4, -0.2) is 102 Å². The molecule has 4 amide bonds. The van der Waals surface area contributed by atoms with E-state index in [1.807, 2.05) is 24.3 Å². The first-order valence-corrected chi connectivity index (χ1v) is 13.4. The van der Waals surface area contributed by atoms with Gasteiger partial charge in [0.2, 0.25) is 17.6 Å². The predicted octanol–water partition coefficient (Wildman–Crippen LogP) is -1.67. The third-order valence-electron chi connectivity index (χ3n) is 7.34. The largest absolute Gasteiger partial charge is 0.387 e. The number of carbonyl (C=O) groups is 4. The Morgan fingerprint density at radius 2 is 1.88 bits per heavy atom. The molecule has 0 unspecified atom stereocenters. The lowest BCUT2D eigenvalue weighted by molar-refractivity contribution is -0.141. The van der Waals surface area contributed by atoms with E-state index < -0.39 is 48.3 Å². The van der Waals surface area contributed by atoms with E-state index in [1.54, 1.807) is 11.1 Å². The second-order valence-corrected chi connectivity index (χ2v) is 10.1. The topological polar surface area (TPSA) is 218 Å². The zero-order valence-corrected chi connectivity index (χ0v) is 22.1. The van der Waals surface area contributed by atoms with E-state index in [0.29, 0.717) is 13.1 Å². The molecule has 5 rings (SSSR count). The zero-order chi connectivity index (χ0) is 29.1. The lowest BCUT2D eigenvalue weighted by Gasteiger charge is -2.27. The maximum Gasteiger partial charge on any atom is 0.288 e. The summed E-state index contributed by atoms with van der Waals surface area (Å²) < 4.78 is 6.56. The van der Waals surface area contributed by atoms with E-state index in [9.17, 15) is 29.4 Å². The van der Waals surface area contributed by atoms with E-state index in [4.69, 9.17) is 10.5 Å². The van der Waals surface area contributed by atoms with Crippen LogP contribution in [0.3, 0.4) is 0 Å². The average molecular weight is 569 g/mol. The normalized spacial score (nSPS) is 23.3. The minimum atomic E-state index is -1.68. The van der Waals surface area contributed by atoms with Crippen molar-refractivity contribution in [1.82, 2.24) is 35.3 Å². The fourth-order valence-corrected chi connectivity index (χ4v) is 5.13. The number of fused-ring (bicyclic) bond motifs is 1. The fraction of sp³-hybridized carbons (Fsp3) is 0.462. The summed E-state index contributed by atoms with van der Waals surface area (Å²) in [6, 6.07) is 6.32. The van der Waals surface area contributed by atoms with Crippen LogP contribution < -0.4 is 16.4 Å². The number of H-pyrrole nitrogens is 1. The van der Waals surface area contributed by atoms with Crippen molar-refractivity contribution < 1.29 is 34.1 Å². The van der Waals surface area contributed by atoms with Gasteiger partial charge >= 0.3 is 0 Å². The van der Waals surface area contributed by atoms with Crippen LogP contribution in [0.25, 0.3) is 10.9 Å². The Hall–Kier alpha value is -4.34. The quantitative estimate of drug-likeness (QED) is 0.174. The Bertz CT molecular complexity index is 1430. The lowest BCUT2D eigenvalue weighted by Crippen LogP contribution is -2.54. The van der Waals surface area contributed by atoms with Crippen LogP contribution in [0.2, 0.25) is 0 Å². The Morgan fingerprint density at radius 3 is 2.61 bits per heavy atom. The number of aliphatic hydroxyl groups is 2. The number of amides is 4. The highest BCUT2D eigenvalue weighted by atomic mass is 16.6. The van der Waals surface area contributed by atoms with Gasteiger partial charge in [-0.15, -0.1) is 5.10 Å². The van der Waals surface area contributed by atoms with Gasteiger partial charge in [0.25, 0.3) is 11.8 Å². The highest BCUT2D eigenvalue weighted by molar-refractivity contribution is 5.93. The molecule has 0 aliphatic carbocycles. The molecule has 5 atom stereocenters. The molecule has 0 radical (unpaired) electrons. The van der Waals surface area contributed by atoms with Crippen LogP contribution >= 0.6 is 0 Å². The maximum atomic E-state index is 13.3. The van der Waals surface area contributed by atoms with Gasteiger partial charge in [0, 0.05) is 36.6 Å². The first-order chi connectivity index (χ1) is 19.7. The van der Waals surface area contributed by atoms with Gasteiger partial charge in [-0.3, -0.25) is 19.2 Å². The molecule has 15 nitrogen and oxygen atoms in total. The van der Waals surface area contributed by atoms with Gasteiger partial charge < -0.3 is 41.2 Å². The number of aromatic nitrogens is 4. The van der Waals surface area contributed by atoms with Gasteiger partial charge in [-0.05, 0) is 30.9 Å². The van der Waals surface area contributed by atoms with E-state index >= 15 is 0 Å². The van der Waals surface area contributed by atoms with Crippen molar-refractivity contribution in [3.63, 3.8) is 0 Å². The van der Waals surface area contributed by atoms with Crippen molar-refractivity contribution in [3.05, 3.63) is 48.2 Å². The first-order valence-electron chi connectivity index (χ1n) is 13.4. The molecule has 3 aromatic rings. The van der Waals surface area contributed by atoms with Crippen molar-refractivity contribution in [2.75, 3.05) is 19.6 Å². The van der Waals surface area contributed by atoms with Crippen molar-refractivity contribution in [2.45, 2.75) is 56.3 Å². The summed E-state index contributed by atoms with van der Waals surface area (Å²) in [4.78, 5) is 59.1. The number of piperidine rings is 1. The molecule has 0 spiro atoms. The molecule has 15 heteroatoms. The molecule has 0 bridgehead atoms. The molecule has 0 saturated carbocycles. The Morgan fingerprint density at radius 1 is 1.12 bits per heavy atom. The summed E-state index contributed by atoms with van der Waals surface area (Å²) in [5.74, 6) is -2.91. The summed E-state index contributed by atoms with van der Waals surface area (Å²) in [5, 5.41) is 31.0. The van der Waals surface area contributed by atoms with Gasteiger partial charge in [0.15, 0.2) is 12.3 Å². The predicted molar refractivity (Wildman–Crippen MR) is 142 cm³/mol. The van der Waals surface area contributed by atoms with Gasteiger partial charge in [-0.2, -0.15) is 0 Å². The SMILES string of the molecule is NC(=O)c1ncn([C@@H]2O[C@H](C(=O)N[C@H](Cc3c[nH]c4ccccc34)C(=O)NCC(=O)N3CCCCC3)[C@@H](O)[C@H]2O)n1. The Kier molecular flexibility index (Phi) is 8.28. The number of primary amides is 1. The zero-order valence-electron chi connectivity index (χ0n) is 22.1. The molecule has 2 fully saturated rings. The number of nitrogens with zero attached hydrogens (tertiary/aromatic N) is 4. The number of ether oxygens (including phenoxy) is 1. The van der Waals surface area contributed by atoms with Crippen molar-refractivity contribution >= 4 is 34.5 Å². The molecule has 4 heterocycles. The molecular weight excluding hydrogens is 536 g/mol. The minimum Gasteiger partial charge on any atom is -0.387 e. The number of hydrogen-bond acceptors (Lipinski definition) is 9. The highest BCUT2D eigenvalue weighted by Gasteiger charge is 2.48. The standard InChI is InChI=1S/C26H32N8O7/c27-22(38)23-30-13-34(32-23)26-20(37)19(36)21(41-26)25(40)31-17(10-14-11-28-16-7-3-2-6-15(14)16)24(39)29-12-18(35)33-8-4-1-5-9-33/h2-3,6-7,11,13,17,19-21,26,28,36-37H,1,4-5,8-10,12H2,(H2,27,38)(H,29,39)(H,31,40)/t17-,19+,20-,21+,26-/m1/s1. The number of carbonyl (C=O) groups excluding carboxylic acids is 4. The number of rotatable bonds is 9. The van der Waals surface area contributed by atoms with E-state index in [0.717, 1.165) is 46.7 Å². The molecule has 2 aliphatic rings. The van der Waals surface area contributed by atoms with Crippen LogP contribution in [0.15, 0.2) is 36.8 Å². The lowest BCUT2D eigenvalue weighted by atomic mass is 10.0. The van der Waals surface area contributed by atoms with Crippen LogP contribution in [0.5, 0.6) is 0 Å². The van der Waals surface area contributed by atoms with Crippen LogP contribution in [-0.2, 0) is 25.5 Å². The third-order valence-corrected chi connectivity index (χ3v) is 7.34. The number of benzene rings is 1. The maximum absolute atomic E-state index is 13.3. The van der Waals surface area contributed by atoms with Gasteiger partial charge in [-0.1, -0.05) is 18.2 Å². The number of likely N-dealkylation sites (tertiary alicyclic amines) is 1. The van der Waals surface area contributed by atoms with E-state index in [2.05, 4.69) is 25.7 Å². The van der Waals surface area contributed by atoms with Gasteiger partial charge in [0.1, 0.15) is 24.6 Å². The van der Waals surface area contributed by atoms with Crippen molar-refractivity contribution in [1.29, 1.82) is 0 Å². The van der Waals surface area contributed by atoms with Crippen molar-refractivity contribution in [3.8, 4) is 0 Å². The molecule has 2 aliphatic heterocycles. The average Bonchev–Trinajstić information content (AvgIpc) is 3.70. The Labute approximate surface area is 234 Å². The third kappa shape index (κ3) is 6.06. The van der Waals surface area contributed by atoms with Crippen molar-refractivity contribution in [2.24, 2.45) is 5.73 Å². The number of nitrogens with one attached hydrogen (secondary N) is 3. The minimum absolute atomic E-state index is 0.0688. The number of nitrogens with two attached hydrogens (primary N) is 1. The number of para-hydroxylation sites is 1. The highest BCUT2D eigenvalue weighted by Crippen LogP contribution is 2.29. The smallest absolute Gasteiger partial charge is 0.288 e. The van der Waals surface area contributed by atoms with Crippen LogP contribution in [0, 0.1) is 0 Å². The second kappa shape index (κ2) is 12.0. The number of hydrogen-bond donors (Lipinski definition) is 6. The summed E-state index contributed by atoms with van der Waals surface area (Å²) in [6.07, 6.45) is -0.446. The summed E-state index contributed by atoms with van der Waals surface area (Å²) in [6.45, 7) is 1.05. The molecule has 1 aromatic carbocycles. The Balaban J connectivity index is 1.30. The molecule has 7 N–H and O–H groups in total. The van der Waals surface area contributed by atoms with Crippen LogP contribution in [0.4, 0.5) is 0 Å². The second-order valence-electron chi connectivity index (χ2n) is 10.1. The molecule has 2 saturated heterocycles. The number of aliphatic hydroxyl groups excluding tert-OH is 2. The number of aromatic amines is 1. The molecular formula is C26H32N8O7. The van der Waals surface area contributed by atoms with E-state index in [-0.39, 0.29) is 24.7 Å². The molecule has 218 valence electrons. The molecule has 2 aromatic heterocycles. The summed E-state index contributed by atoms with van der Waals surface area (Å²) in [7, 11) is 0. The van der Waals surface area contributed by atoms with Gasteiger partial charge in [-0.25, -0.2) is 9.67 Å². The van der Waals surface area contributed by atoms with E-state index in [1.165, 1.54) is 0 Å². The van der Waals surface area contributed by atoms with Crippen LogP contribution in [0.1, 0.15) is 41.7 Å². The van der Waals surface area contributed by atoms with Gasteiger partial charge in [0.05, 0.1) is 6.54 Å². The first kappa shape index (κ1) is 28.2.